The van der Waals surface area contributed by atoms with Gasteiger partial charge in [-0.3, -0.25) is 9.59 Å². The molecule has 0 spiro atoms. The molecular formula is C24H33NO6S. The van der Waals surface area contributed by atoms with Gasteiger partial charge in [-0.25, -0.2) is 0 Å². The van der Waals surface area contributed by atoms with Crippen molar-refractivity contribution in [3.8, 4) is 11.5 Å². The van der Waals surface area contributed by atoms with Crippen LogP contribution in [0.15, 0.2) is 28.7 Å². The van der Waals surface area contributed by atoms with Gasteiger partial charge < -0.3 is 23.5 Å². The highest BCUT2D eigenvalue weighted by Gasteiger charge is 2.19. The number of hydrogen-bond donors (Lipinski definition) is 0. The molecule has 0 bridgehead atoms. The summed E-state index contributed by atoms with van der Waals surface area (Å²) in [4.78, 5) is 26.7. The molecule has 176 valence electrons. The smallest absolute Gasteiger partial charge is 0.315 e. The Morgan fingerprint density at radius 2 is 1.75 bits per heavy atom. The number of aryl methyl sites for hydroxylation is 2. The summed E-state index contributed by atoms with van der Waals surface area (Å²) >= 11 is 1.46. The van der Waals surface area contributed by atoms with Crippen LogP contribution in [0.2, 0.25) is 0 Å². The highest BCUT2D eigenvalue weighted by Crippen LogP contribution is 2.30. The SMILES string of the molecule is CCOC(=O)CSCCN(CCCc1ccc(C)o1)C(=O)c1cc(OC)c(C)c(OC)c1. The van der Waals surface area contributed by atoms with Crippen LogP contribution in [0.25, 0.3) is 0 Å². The van der Waals surface area contributed by atoms with E-state index in [0.29, 0.717) is 42.5 Å². The molecule has 1 heterocycles. The molecule has 0 radical (unpaired) electrons. The molecule has 0 saturated heterocycles. The predicted molar refractivity (Wildman–Crippen MR) is 126 cm³/mol. The third-order valence-electron chi connectivity index (χ3n) is 4.96. The standard InChI is InChI=1S/C24H33NO6S/c1-6-30-23(26)16-32-13-12-25(11-7-8-20-10-9-17(2)31-20)24(27)19-14-21(28-4)18(3)22(15-19)29-5/h9-10,14-15H,6-8,11-13,16H2,1-5H3. The van der Waals surface area contributed by atoms with Crippen LogP contribution in [0.3, 0.4) is 0 Å². The topological polar surface area (TPSA) is 78.2 Å². The first-order chi connectivity index (χ1) is 15.4. The summed E-state index contributed by atoms with van der Waals surface area (Å²) in [5.41, 5.74) is 1.35. The summed E-state index contributed by atoms with van der Waals surface area (Å²) in [6, 6.07) is 7.39. The first kappa shape index (κ1) is 25.6. The van der Waals surface area contributed by atoms with Gasteiger partial charge in [0.2, 0.25) is 0 Å². The lowest BCUT2D eigenvalue weighted by Gasteiger charge is -2.23. The van der Waals surface area contributed by atoms with Gasteiger partial charge in [0.1, 0.15) is 23.0 Å². The van der Waals surface area contributed by atoms with E-state index in [1.165, 1.54) is 11.8 Å². The van der Waals surface area contributed by atoms with E-state index in [2.05, 4.69) is 0 Å². The maximum atomic E-state index is 13.4. The summed E-state index contributed by atoms with van der Waals surface area (Å²) in [7, 11) is 3.15. The van der Waals surface area contributed by atoms with E-state index >= 15 is 0 Å². The first-order valence-electron chi connectivity index (χ1n) is 10.7. The maximum Gasteiger partial charge on any atom is 0.315 e. The van der Waals surface area contributed by atoms with Crippen LogP contribution in [0.4, 0.5) is 0 Å². The number of ether oxygens (including phenoxy) is 3. The molecule has 0 aliphatic heterocycles. The van der Waals surface area contributed by atoms with Gasteiger partial charge in [-0.05, 0) is 51.5 Å². The predicted octanol–water partition coefficient (Wildman–Crippen LogP) is 4.28. The average Bonchev–Trinajstić information content (AvgIpc) is 3.20. The number of rotatable bonds is 13. The fourth-order valence-electron chi connectivity index (χ4n) is 3.30. The van der Waals surface area contributed by atoms with Crippen LogP contribution in [0.5, 0.6) is 11.5 Å². The van der Waals surface area contributed by atoms with Gasteiger partial charge in [0.05, 0.1) is 26.6 Å². The lowest BCUT2D eigenvalue weighted by atomic mass is 10.1. The Labute approximate surface area is 194 Å². The van der Waals surface area contributed by atoms with Crippen molar-refractivity contribution in [2.75, 3.05) is 45.4 Å². The molecule has 1 amide bonds. The Morgan fingerprint density at radius 1 is 1.06 bits per heavy atom. The van der Waals surface area contributed by atoms with E-state index in [1.54, 1.807) is 38.2 Å². The minimum atomic E-state index is -0.239. The number of methoxy groups -OCH3 is 2. The fourth-order valence-corrected chi connectivity index (χ4v) is 4.05. The third-order valence-corrected chi connectivity index (χ3v) is 5.88. The molecule has 0 fully saturated rings. The Morgan fingerprint density at radius 3 is 2.31 bits per heavy atom. The van der Waals surface area contributed by atoms with Gasteiger partial charge in [0, 0.05) is 36.4 Å². The molecule has 2 rings (SSSR count). The second kappa shape index (κ2) is 13.1. The van der Waals surface area contributed by atoms with E-state index in [0.717, 1.165) is 29.9 Å². The fraction of sp³-hybridized carbons (Fsp3) is 0.500. The van der Waals surface area contributed by atoms with Gasteiger partial charge in [0.25, 0.3) is 5.91 Å². The van der Waals surface area contributed by atoms with Crippen molar-refractivity contribution in [3.63, 3.8) is 0 Å². The molecule has 0 atom stereocenters. The van der Waals surface area contributed by atoms with E-state index in [1.807, 2.05) is 26.0 Å². The molecule has 32 heavy (non-hydrogen) atoms. The minimum Gasteiger partial charge on any atom is -0.496 e. The van der Waals surface area contributed by atoms with E-state index in [9.17, 15) is 9.59 Å². The second-order valence-corrected chi connectivity index (χ2v) is 8.38. The summed E-state index contributed by atoms with van der Waals surface area (Å²) in [5, 5.41) is 0. The number of thioether (sulfide) groups is 1. The quantitative estimate of drug-likeness (QED) is 0.324. The van der Waals surface area contributed by atoms with Crippen molar-refractivity contribution in [1.29, 1.82) is 0 Å². The average molecular weight is 464 g/mol. The Balaban J connectivity index is 2.09. The molecule has 1 aromatic carbocycles. The maximum absolute atomic E-state index is 13.4. The molecular weight excluding hydrogens is 430 g/mol. The summed E-state index contributed by atoms with van der Waals surface area (Å²) in [5.74, 6) is 3.56. The number of benzene rings is 1. The van der Waals surface area contributed by atoms with Gasteiger partial charge >= 0.3 is 5.97 Å². The van der Waals surface area contributed by atoms with Crippen molar-refractivity contribution < 1.29 is 28.2 Å². The molecule has 0 N–H and O–H groups in total. The molecule has 0 aliphatic carbocycles. The Hall–Kier alpha value is -2.61. The number of furan rings is 1. The molecule has 7 nitrogen and oxygen atoms in total. The lowest BCUT2D eigenvalue weighted by molar-refractivity contribution is -0.139. The summed E-state index contributed by atoms with van der Waals surface area (Å²) in [6.45, 7) is 7.04. The lowest BCUT2D eigenvalue weighted by Crippen LogP contribution is -2.34. The number of carbonyl (C=O) groups excluding carboxylic acids is 2. The summed E-state index contributed by atoms with van der Waals surface area (Å²) in [6.07, 6.45) is 1.51. The van der Waals surface area contributed by atoms with Crippen molar-refractivity contribution in [2.45, 2.75) is 33.6 Å². The normalized spacial score (nSPS) is 10.7. The molecule has 0 aliphatic rings. The van der Waals surface area contributed by atoms with Crippen LogP contribution in [-0.4, -0.2) is 62.2 Å². The van der Waals surface area contributed by atoms with Crippen LogP contribution >= 0.6 is 11.8 Å². The van der Waals surface area contributed by atoms with E-state index < -0.39 is 0 Å². The van der Waals surface area contributed by atoms with Crippen LogP contribution < -0.4 is 9.47 Å². The van der Waals surface area contributed by atoms with Crippen molar-refractivity contribution in [2.24, 2.45) is 0 Å². The number of carbonyl (C=O) groups is 2. The third kappa shape index (κ3) is 7.51. The van der Waals surface area contributed by atoms with Crippen LogP contribution in [0, 0.1) is 13.8 Å². The highest BCUT2D eigenvalue weighted by molar-refractivity contribution is 7.99. The Kier molecular flexibility index (Phi) is 10.5. The molecule has 0 unspecified atom stereocenters. The highest BCUT2D eigenvalue weighted by atomic mass is 32.2. The molecule has 2 aromatic rings. The van der Waals surface area contributed by atoms with Gasteiger partial charge in [-0.1, -0.05) is 0 Å². The number of amides is 1. The molecule has 8 heteroatoms. The minimum absolute atomic E-state index is 0.103. The van der Waals surface area contributed by atoms with E-state index in [-0.39, 0.29) is 17.6 Å². The Bertz CT molecular complexity index is 869. The van der Waals surface area contributed by atoms with Crippen molar-refractivity contribution in [1.82, 2.24) is 4.90 Å². The monoisotopic (exact) mass is 463 g/mol. The molecule has 0 saturated carbocycles. The second-order valence-electron chi connectivity index (χ2n) is 7.27. The largest absolute Gasteiger partial charge is 0.496 e. The van der Waals surface area contributed by atoms with Crippen LogP contribution in [-0.2, 0) is 16.0 Å². The molecule has 1 aromatic heterocycles. The van der Waals surface area contributed by atoms with Gasteiger partial charge in [0.15, 0.2) is 0 Å². The zero-order chi connectivity index (χ0) is 23.5. The van der Waals surface area contributed by atoms with Crippen LogP contribution in [0.1, 0.15) is 40.8 Å². The van der Waals surface area contributed by atoms with Crippen molar-refractivity contribution in [3.05, 3.63) is 46.9 Å². The van der Waals surface area contributed by atoms with Crippen molar-refractivity contribution >= 4 is 23.6 Å². The number of hydrogen-bond acceptors (Lipinski definition) is 7. The van der Waals surface area contributed by atoms with Gasteiger partial charge in [-0.15, -0.1) is 11.8 Å². The summed E-state index contributed by atoms with van der Waals surface area (Å²) < 4.78 is 21.5. The zero-order valence-electron chi connectivity index (χ0n) is 19.6. The first-order valence-corrected chi connectivity index (χ1v) is 11.9. The van der Waals surface area contributed by atoms with E-state index in [4.69, 9.17) is 18.6 Å². The number of esters is 1. The van der Waals surface area contributed by atoms with Gasteiger partial charge in [-0.2, -0.15) is 0 Å². The zero-order valence-corrected chi connectivity index (χ0v) is 20.4. The number of nitrogens with zero attached hydrogens (tertiary/aromatic N) is 1.